The minimum absolute atomic E-state index is 0.00391. The minimum Gasteiger partial charge on any atom is -0.475 e. The van der Waals surface area contributed by atoms with E-state index in [0.717, 1.165) is 6.07 Å². The van der Waals surface area contributed by atoms with Crippen molar-refractivity contribution in [3.63, 3.8) is 0 Å². The Morgan fingerprint density at radius 3 is 2.39 bits per heavy atom. The van der Waals surface area contributed by atoms with Crippen molar-refractivity contribution in [2.45, 2.75) is 0 Å². The molecule has 0 aliphatic heterocycles. The van der Waals surface area contributed by atoms with Crippen LogP contribution < -0.4 is 5.32 Å². The molecule has 6 heteroatoms. The Bertz CT molecular complexity index is 606. The number of carbonyl (C=O) groups is 2. The molecule has 0 aliphatic carbocycles. The highest BCUT2D eigenvalue weighted by molar-refractivity contribution is 6.03. The van der Waals surface area contributed by atoms with Gasteiger partial charge in [0.25, 0.3) is 5.91 Å². The number of hydrogen-bond acceptors (Lipinski definition) is 3. The SMILES string of the molecule is O=C(O)c1ccc(C(=O)Nc2ccccc2F)o1. The monoisotopic (exact) mass is 249 g/mol. The maximum absolute atomic E-state index is 13.3. The lowest BCUT2D eigenvalue weighted by atomic mass is 10.3. The van der Waals surface area contributed by atoms with Gasteiger partial charge in [0.15, 0.2) is 5.76 Å². The maximum Gasteiger partial charge on any atom is 0.371 e. The molecule has 1 heterocycles. The molecule has 0 saturated carbocycles. The number of hydrogen-bond donors (Lipinski definition) is 2. The van der Waals surface area contributed by atoms with E-state index in [1.165, 1.54) is 24.3 Å². The van der Waals surface area contributed by atoms with Gasteiger partial charge in [0.05, 0.1) is 5.69 Å². The molecule has 2 aromatic rings. The van der Waals surface area contributed by atoms with Crippen LogP contribution in [0.1, 0.15) is 21.1 Å². The summed E-state index contributed by atoms with van der Waals surface area (Å²) in [5.41, 5.74) is -0.00391. The quantitative estimate of drug-likeness (QED) is 0.875. The zero-order valence-corrected chi connectivity index (χ0v) is 9.01. The Morgan fingerprint density at radius 2 is 1.78 bits per heavy atom. The van der Waals surface area contributed by atoms with Gasteiger partial charge in [0, 0.05) is 0 Å². The summed E-state index contributed by atoms with van der Waals surface area (Å²) in [6, 6.07) is 7.98. The third-order valence-electron chi connectivity index (χ3n) is 2.16. The molecule has 0 unspecified atom stereocenters. The van der Waals surface area contributed by atoms with Gasteiger partial charge < -0.3 is 14.8 Å². The van der Waals surface area contributed by atoms with E-state index in [4.69, 9.17) is 9.52 Å². The first-order chi connectivity index (χ1) is 8.58. The Morgan fingerprint density at radius 1 is 1.11 bits per heavy atom. The summed E-state index contributed by atoms with van der Waals surface area (Å²) in [4.78, 5) is 22.2. The second-order valence-electron chi connectivity index (χ2n) is 3.40. The second kappa shape index (κ2) is 4.70. The fourth-order valence-electron chi connectivity index (χ4n) is 1.32. The topological polar surface area (TPSA) is 79.5 Å². The van der Waals surface area contributed by atoms with E-state index in [1.807, 2.05) is 0 Å². The van der Waals surface area contributed by atoms with E-state index in [-0.39, 0.29) is 17.2 Å². The number of furan rings is 1. The van der Waals surface area contributed by atoms with Crippen molar-refractivity contribution in [1.82, 2.24) is 0 Å². The van der Waals surface area contributed by atoms with Crippen LogP contribution in [-0.4, -0.2) is 17.0 Å². The molecule has 0 bridgehead atoms. The number of amides is 1. The van der Waals surface area contributed by atoms with Crippen LogP contribution in [0.2, 0.25) is 0 Å². The highest BCUT2D eigenvalue weighted by Crippen LogP contribution is 2.15. The Labute approximate surface area is 101 Å². The molecular weight excluding hydrogens is 241 g/mol. The van der Waals surface area contributed by atoms with E-state index in [0.29, 0.717) is 0 Å². The Balaban J connectivity index is 2.17. The highest BCUT2D eigenvalue weighted by atomic mass is 19.1. The van der Waals surface area contributed by atoms with Crippen LogP contribution in [0.4, 0.5) is 10.1 Å². The van der Waals surface area contributed by atoms with Crippen LogP contribution in [0.3, 0.4) is 0 Å². The molecule has 18 heavy (non-hydrogen) atoms. The molecule has 5 nitrogen and oxygen atoms in total. The first kappa shape index (κ1) is 11.8. The van der Waals surface area contributed by atoms with Gasteiger partial charge in [-0.1, -0.05) is 12.1 Å². The summed E-state index contributed by atoms with van der Waals surface area (Å²) in [5, 5.41) is 10.9. The molecule has 0 fully saturated rings. The number of benzene rings is 1. The van der Waals surface area contributed by atoms with E-state index >= 15 is 0 Å². The van der Waals surface area contributed by atoms with E-state index < -0.39 is 17.7 Å². The van der Waals surface area contributed by atoms with Crippen molar-refractivity contribution >= 4 is 17.6 Å². The average Bonchev–Trinajstić information content (AvgIpc) is 2.81. The predicted octanol–water partition coefficient (Wildman–Crippen LogP) is 2.37. The number of para-hydroxylation sites is 1. The summed E-state index contributed by atoms with van der Waals surface area (Å²) in [5.74, 6) is -3.13. The molecular formula is C12H8FNO4. The normalized spacial score (nSPS) is 10.1. The molecule has 0 saturated heterocycles. The molecule has 2 N–H and O–H groups in total. The van der Waals surface area contributed by atoms with Crippen molar-refractivity contribution in [2.24, 2.45) is 0 Å². The van der Waals surface area contributed by atoms with Crippen LogP contribution in [-0.2, 0) is 0 Å². The highest BCUT2D eigenvalue weighted by Gasteiger charge is 2.15. The minimum atomic E-state index is -1.28. The standard InChI is InChI=1S/C12H8FNO4/c13-7-3-1-2-4-8(7)14-11(15)9-5-6-10(18-9)12(16)17/h1-6H,(H,14,15)(H,16,17). The van der Waals surface area contributed by atoms with E-state index in [9.17, 15) is 14.0 Å². The molecule has 2 rings (SSSR count). The van der Waals surface area contributed by atoms with Gasteiger partial charge >= 0.3 is 5.97 Å². The second-order valence-corrected chi connectivity index (χ2v) is 3.40. The molecule has 0 spiro atoms. The van der Waals surface area contributed by atoms with Gasteiger partial charge in [-0.05, 0) is 24.3 Å². The van der Waals surface area contributed by atoms with Crippen molar-refractivity contribution in [1.29, 1.82) is 0 Å². The Hall–Kier alpha value is -2.63. The van der Waals surface area contributed by atoms with Gasteiger partial charge in [0.1, 0.15) is 5.82 Å². The third kappa shape index (κ3) is 2.37. The largest absolute Gasteiger partial charge is 0.475 e. The van der Waals surface area contributed by atoms with Crippen molar-refractivity contribution < 1.29 is 23.5 Å². The number of aromatic carboxylic acids is 1. The fourth-order valence-corrected chi connectivity index (χ4v) is 1.32. The number of nitrogens with one attached hydrogen (secondary N) is 1. The number of carboxylic acids is 1. The number of anilines is 1. The van der Waals surface area contributed by atoms with Crippen LogP contribution in [0.5, 0.6) is 0 Å². The summed E-state index contributed by atoms with van der Waals surface area (Å²) in [7, 11) is 0. The van der Waals surface area contributed by atoms with E-state index in [1.54, 1.807) is 6.07 Å². The number of carboxylic acid groups (broad SMARTS) is 1. The van der Waals surface area contributed by atoms with Gasteiger partial charge in [-0.15, -0.1) is 0 Å². The van der Waals surface area contributed by atoms with Crippen molar-refractivity contribution in [3.05, 3.63) is 53.7 Å². The molecule has 0 atom stereocenters. The van der Waals surface area contributed by atoms with Crippen molar-refractivity contribution in [3.8, 4) is 0 Å². The maximum atomic E-state index is 13.3. The van der Waals surface area contributed by atoms with Gasteiger partial charge in [-0.2, -0.15) is 0 Å². The van der Waals surface area contributed by atoms with Gasteiger partial charge in [0.2, 0.25) is 5.76 Å². The van der Waals surface area contributed by atoms with Crippen LogP contribution >= 0.6 is 0 Å². The number of carbonyl (C=O) groups excluding carboxylic acids is 1. The summed E-state index contributed by atoms with van der Waals surface area (Å²) in [6.07, 6.45) is 0. The fraction of sp³-hybridized carbons (Fsp3) is 0. The molecule has 1 amide bonds. The summed E-state index contributed by atoms with van der Waals surface area (Å²) < 4.78 is 18.0. The zero-order chi connectivity index (χ0) is 13.1. The average molecular weight is 249 g/mol. The summed E-state index contributed by atoms with van der Waals surface area (Å²) >= 11 is 0. The van der Waals surface area contributed by atoms with Gasteiger partial charge in [-0.3, -0.25) is 4.79 Å². The van der Waals surface area contributed by atoms with Crippen LogP contribution in [0.25, 0.3) is 0 Å². The predicted molar refractivity (Wildman–Crippen MR) is 60.0 cm³/mol. The Kier molecular flexibility index (Phi) is 3.09. The molecule has 1 aromatic carbocycles. The lowest BCUT2D eigenvalue weighted by molar-refractivity contribution is 0.0660. The first-order valence-electron chi connectivity index (χ1n) is 4.97. The molecule has 0 radical (unpaired) electrons. The first-order valence-corrected chi connectivity index (χ1v) is 4.97. The van der Waals surface area contributed by atoms with E-state index in [2.05, 4.69) is 5.32 Å². The number of rotatable bonds is 3. The van der Waals surface area contributed by atoms with Crippen LogP contribution in [0.15, 0.2) is 40.8 Å². The lowest BCUT2D eigenvalue weighted by Gasteiger charge is -2.03. The molecule has 0 aliphatic rings. The molecule has 1 aromatic heterocycles. The summed E-state index contributed by atoms with van der Waals surface area (Å²) in [6.45, 7) is 0. The zero-order valence-electron chi connectivity index (χ0n) is 9.01. The molecule has 92 valence electrons. The third-order valence-corrected chi connectivity index (χ3v) is 2.16. The van der Waals surface area contributed by atoms with Gasteiger partial charge in [-0.25, -0.2) is 9.18 Å². The van der Waals surface area contributed by atoms with Crippen LogP contribution in [0, 0.1) is 5.82 Å². The lowest BCUT2D eigenvalue weighted by Crippen LogP contribution is -2.12. The smallest absolute Gasteiger partial charge is 0.371 e. The number of halogens is 1. The van der Waals surface area contributed by atoms with Crippen molar-refractivity contribution in [2.75, 3.05) is 5.32 Å².